The number of hydrogen-bond donors (Lipinski definition) is 0. The fourth-order valence-corrected chi connectivity index (χ4v) is 4.78. The molecule has 1 fully saturated rings. The average Bonchev–Trinajstić information content (AvgIpc) is 3.58. The molecule has 1 aliphatic rings. The Labute approximate surface area is 205 Å². The lowest BCUT2D eigenvalue weighted by atomic mass is 9.85. The Hall–Kier alpha value is -3.81. The molecule has 1 saturated carbocycles. The van der Waals surface area contributed by atoms with Gasteiger partial charge in [-0.1, -0.05) is 18.2 Å². The largest absolute Gasteiger partial charge is 0.346 e. The number of rotatable bonds is 6. The fraction of sp³-hybridized carbons (Fsp3) is 0.370. The summed E-state index contributed by atoms with van der Waals surface area (Å²) in [6.07, 6.45) is 15.3. The molecule has 35 heavy (non-hydrogen) atoms. The van der Waals surface area contributed by atoms with E-state index in [1.165, 1.54) is 0 Å². The number of aromatic nitrogens is 6. The minimum atomic E-state index is 0.142. The third kappa shape index (κ3) is 4.87. The van der Waals surface area contributed by atoms with Crippen LogP contribution in [0.1, 0.15) is 38.6 Å². The third-order valence-electron chi connectivity index (χ3n) is 7.02. The summed E-state index contributed by atoms with van der Waals surface area (Å²) in [5.74, 6) is 1.10. The van der Waals surface area contributed by atoms with E-state index >= 15 is 0 Å². The summed E-state index contributed by atoms with van der Waals surface area (Å²) in [4.78, 5) is 23.6. The Morgan fingerprint density at radius 3 is 2.29 bits per heavy atom. The molecule has 0 radical (unpaired) electrons. The second-order valence-corrected chi connectivity index (χ2v) is 9.35. The van der Waals surface area contributed by atoms with Gasteiger partial charge in [0.1, 0.15) is 0 Å². The third-order valence-corrected chi connectivity index (χ3v) is 7.02. The number of nitrogens with zero attached hydrogens (tertiary/aromatic N) is 7. The van der Waals surface area contributed by atoms with E-state index in [4.69, 9.17) is 0 Å². The molecule has 0 N–H and O–H groups in total. The normalized spacial score (nSPS) is 17.9. The van der Waals surface area contributed by atoms with Crippen LogP contribution in [0.15, 0.2) is 61.4 Å². The van der Waals surface area contributed by atoms with E-state index in [9.17, 15) is 4.79 Å². The van der Waals surface area contributed by atoms with Crippen LogP contribution in [0.25, 0.3) is 33.6 Å². The minimum absolute atomic E-state index is 0.142. The first kappa shape index (κ1) is 23.0. The first-order valence-electron chi connectivity index (χ1n) is 12.2. The fourth-order valence-electron chi connectivity index (χ4n) is 4.78. The molecule has 8 nitrogen and oxygen atoms in total. The zero-order valence-electron chi connectivity index (χ0n) is 20.5. The summed E-state index contributed by atoms with van der Waals surface area (Å²) in [7, 11) is 3.80. The SMILES string of the molecule is CCN(C)C(=O)C1CCC(n2cc(-c3cnc(-c4cccc(-c5cnn(C)c5)c4)nc3)cn2)CC1. The van der Waals surface area contributed by atoms with Gasteiger partial charge < -0.3 is 4.90 Å². The van der Waals surface area contributed by atoms with Crippen LogP contribution in [0, 0.1) is 5.92 Å². The first-order chi connectivity index (χ1) is 17.0. The molecule has 0 spiro atoms. The Balaban J connectivity index is 1.26. The summed E-state index contributed by atoms with van der Waals surface area (Å²) in [6.45, 7) is 2.78. The van der Waals surface area contributed by atoms with Crippen molar-refractivity contribution >= 4 is 5.91 Å². The van der Waals surface area contributed by atoms with Gasteiger partial charge in [0.2, 0.25) is 5.91 Å². The zero-order valence-corrected chi connectivity index (χ0v) is 20.5. The average molecular weight is 470 g/mol. The van der Waals surface area contributed by atoms with Crippen LogP contribution in [0.3, 0.4) is 0 Å². The number of hydrogen-bond acceptors (Lipinski definition) is 5. The molecule has 0 aliphatic heterocycles. The van der Waals surface area contributed by atoms with Gasteiger partial charge in [-0.2, -0.15) is 10.2 Å². The van der Waals surface area contributed by atoms with Crippen molar-refractivity contribution in [3.63, 3.8) is 0 Å². The summed E-state index contributed by atoms with van der Waals surface area (Å²) in [5.41, 5.74) is 5.06. The van der Waals surface area contributed by atoms with Crippen molar-refractivity contribution in [3.05, 3.63) is 61.4 Å². The predicted molar refractivity (Wildman–Crippen MR) is 135 cm³/mol. The van der Waals surface area contributed by atoms with Gasteiger partial charge in [0.05, 0.1) is 18.4 Å². The van der Waals surface area contributed by atoms with Crippen LogP contribution in [0.5, 0.6) is 0 Å². The second kappa shape index (κ2) is 9.82. The Bertz CT molecular complexity index is 1300. The topological polar surface area (TPSA) is 81.7 Å². The van der Waals surface area contributed by atoms with E-state index in [1.807, 2.05) is 73.7 Å². The second-order valence-electron chi connectivity index (χ2n) is 9.35. The van der Waals surface area contributed by atoms with Gasteiger partial charge in [0.15, 0.2) is 5.82 Å². The van der Waals surface area contributed by atoms with Gasteiger partial charge in [-0.15, -0.1) is 0 Å². The summed E-state index contributed by atoms with van der Waals surface area (Å²) < 4.78 is 3.84. The maximum atomic E-state index is 12.5. The zero-order chi connectivity index (χ0) is 24.4. The molecule has 180 valence electrons. The van der Waals surface area contributed by atoms with Gasteiger partial charge >= 0.3 is 0 Å². The van der Waals surface area contributed by atoms with Crippen molar-refractivity contribution in [2.24, 2.45) is 13.0 Å². The Kier molecular flexibility index (Phi) is 6.44. The molecule has 0 unspecified atom stereocenters. The van der Waals surface area contributed by atoms with Crippen LogP contribution in [-0.2, 0) is 11.8 Å². The van der Waals surface area contributed by atoms with Crippen molar-refractivity contribution < 1.29 is 4.79 Å². The molecule has 5 rings (SSSR count). The van der Waals surface area contributed by atoms with Crippen molar-refractivity contribution in [1.82, 2.24) is 34.4 Å². The number of carbonyl (C=O) groups is 1. The van der Waals surface area contributed by atoms with Gasteiger partial charge in [-0.3, -0.25) is 14.2 Å². The van der Waals surface area contributed by atoms with E-state index in [-0.39, 0.29) is 11.8 Å². The number of aryl methyl sites for hydroxylation is 1. The lowest BCUT2D eigenvalue weighted by Gasteiger charge is -2.30. The minimum Gasteiger partial charge on any atom is -0.346 e. The van der Waals surface area contributed by atoms with E-state index in [0.717, 1.165) is 60.0 Å². The summed E-state index contributed by atoms with van der Waals surface area (Å²) in [5, 5.41) is 8.88. The van der Waals surface area contributed by atoms with Crippen LogP contribution in [0.2, 0.25) is 0 Å². The molecule has 4 aromatic rings. The Morgan fingerprint density at radius 1 is 0.914 bits per heavy atom. The Morgan fingerprint density at radius 2 is 1.60 bits per heavy atom. The van der Waals surface area contributed by atoms with Gasteiger partial charge in [0.25, 0.3) is 0 Å². The molecule has 3 heterocycles. The molecule has 1 amide bonds. The summed E-state index contributed by atoms with van der Waals surface area (Å²) in [6, 6.07) is 8.52. The molecule has 0 bridgehead atoms. The van der Waals surface area contributed by atoms with Crippen LogP contribution >= 0.6 is 0 Å². The van der Waals surface area contributed by atoms with Crippen LogP contribution in [0.4, 0.5) is 0 Å². The van der Waals surface area contributed by atoms with Gasteiger partial charge in [-0.05, 0) is 44.2 Å². The monoisotopic (exact) mass is 469 g/mol. The van der Waals surface area contributed by atoms with Gasteiger partial charge in [0, 0.05) is 73.6 Å². The van der Waals surface area contributed by atoms with Crippen molar-refractivity contribution in [2.75, 3.05) is 13.6 Å². The molecule has 3 aromatic heterocycles. The highest BCUT2D eigenvalue weighted by molar-refractivity contribution is 5.78. The smallest absolute Gasteiger partial charge is 0.225 e. The van der Waals surface area contributed by atoms with Gasteiger partial charge in [-0.25, -0.2) is 9.97 Å². The molecule has 8 heteroatoms. The highest BCUT2D eigenvalue weighted by atomic mass is 16.2. The van der Waals surface area contributed by atoms with E-state index < -0.39 is 0 Å². The van der Waals surface area contributed by atoms with E-state index in [1.54, 1.807) is 4.68 Å². The van der Waals surface area contributed by atoms with Crippen molar-refractivity contribution in [3.8, 4) is 33.6 Å². The van der Waals surface area contributed by atoms with Crippen molar-refractivity contribution in [2.45, 2.75) is 38.6 Å². The first-order valence-corrected chi connectivity index (χ1v) is 12.2. The number of benzene rings is 1. The molecule has 1 aliphatic carbocycles. The molecule has 0 atom stereocenters. The lowest BCUT2D eigenvalue weighted by Crippen LogP contribution is -2.35. The molecule has 0 saturated heterocycles. The van der Waals surface area contributed by atoms with Crippen LogP contribution in [-0.4, -0.2) is 53.9 Å². The van der Waals surface area contributed by atoms with Crippen LogP contribution < -0.4 is 0 Å². The number of amides is 1. The van der Waals surface area contributed by atoms with Crippen molar-refractivity contribution in [1.29, 1.82) is 0 Å². The highest BCUT2D eigenvalue weighted by Crippen LogP contribution is 2.34. The molecule has 1 aromatic carbocycles. The standard InChI is InChI=1S/C27H31N7O/c1-4-32(2)27(35)19-8-10-25(11-9-19)34-18-24(16-31-34)22-13-28-26(29-14-22)21-7-5-6-20(12-21)23-15-30-33(3)17-23/h5-7,12-19,25H,4,8-11H2,1-3H3. The highest BCUT2D eigenvalue weighted by Gasteiger charge is 2.29. The van der Waals surface area contributed by atoms with E-state index in [0.29, 0.717) is 11.9 Å². The summed E-state index contributed by atoms with van der Waals surface area (Å²) >= 11 is 0. The molecular weight excluding hydrogens is 438 g/mol. The predicted octanol–water partition coefficient (Wildman–Crippen LogP) is 4.62. The maximum absolute atomic E-state index is 12.5. The quantitative estimate of drug-likeness (QED) is 0.412. The van der Waals surface area contributed by atoms with E-state index in [2.05, 4.69) is 38.5 Å². The lowest BCUT2D eigenvalue weighted by molar-refractivity contribution is -0.135. The number of carbonyl (C=O) groups excluding carboxylic acids is 1. The molecular formula is C27H31N7O. The maximum Gasteiger partial charge on any atom is 0.225 e.